The fourth-order valence-corrected chi connectivity index (χ4v) is 7.47. The van der Waals surface area contributed by atoms with E-state index in [9.17, 15) is 22.8 Å². The highest BCUT2D eigenvalue weighted by molar-refractivity contribution is 7.92. The molecule has 0 spiro atoms. The van der Waals surface area contributed by atoms with Crippen LogP contribution in [0.4, 0.5) is 10.5 Å². The van der Waals surface area contributed by atoms with Gasteiger partial charge in [0, 0.05) is 35.6 Å². The highest BCUT2D eigenvalue weighted by Crippen LogP contribution is 2.31. The van der Waals surface area contributed by atoms with E-state index in [1.54, 1.807) is 42.7 Å². The summed E-state index contributed by atoms with van der Waals surface area (Å²) < 4.78 is 39.6. The second kappa shape index (κ2) is 13.2. The highest BCUT2D eigenvalue weighted by Gasteiger charge is 2.43. The molecule has 0 unspecified atom stereocenters. The topological polar surface area (TPSA) is 114 Å². The number of sulfonamides is 1. The number of fused-ring (bicyclic) bond motifs is 1. The first kappa shape index (κ1) is 34.0. The molecule has 1 atom stereocenters. The SMILES string of the molecule is CC(C)(C)OC(=O)CN([C@H]1CCN(c2ccc3c(c2)CCCN(C(=O)OC(C)(C)C)C3)C1=O)S(=O)(=O)/C=C/c1ccc(Cl)s1. The Balaban J connectivity index is 1.56. The number of hydrogen-bond donors (Lipinski definition) is 0. The van der Waals surface area contributed by atoms with Crippen LogP contribution in [0.15, 0.2) is 35.7 Å². The average molecular weight is 666 g/mol. The molecule has 2 amide bonds. The fourth-order valence-electron chi connectivity index (χ4n) is 5.11. The van der Waals surface area contributed by atoms with Gasteiger partial charge in [0.2, 0.25) is 15.9 Å². The molecular weight excluding hydrogens is 626 g/mol. The summed E-state index contributed by atoms with van der Waals surface area (Å²) in [6.45, 7) is 11.2. The number of amides is 2. The predicted molar refractivity (Wildman–Crippen MR) is 172 cm³/mol. The van der Waals surface area contributed by atoms with Gasteiger partial charge < -0.3 is 19.3 Å². The van der Waals surface area contributed by atoms with Crippen LogP contribution in [0.5, 0.6) is 0 Å². The number of esters is 1. The van der Waals surface area contributed by atoms with Crippen LogP contribution in [0.2, 0.25) is 4.34 Å². The number of aryl methyl sites for hydroxylation is 1. The van der Waals surface area contributed by atoms with Gasteiger partial charge in [0.05, 0.1) is 4.34 Å². The molecule has 1 fully saturated rings. The Bertz CT molecular complexity index is 1540. The molecule has 4 rings (SSSR count). The standard InChI is InChI=1S/C31H40ClN3O7S2/c1-30(2,3)41-27(36)20-35(44(39,40)17-14-24-11-12-26(32)43-24)25-13-16-34(28(25)37)23-10-9-22-19-33(15-7-8-21(22)18-23)29(38)42-31(4,5)6/h9-12,14,17-18,25H,7-8,13,15-16,19-20H2,1-6H3/b17-14+/t25-/m0/s1. The molecule has 1 aromatic carbocycles. The summed E-state index contributed by atoms with van der Waals surface area (Å²) in [6.07, 6.45) is 2.68. The lowest BCUT2D eigenvalue weighted by Gasteiger charge is -2.27. The Morgan fingerprint density at radius 2 is 1.75 bits per heavy atom. The third kappa shape index (κ3) is 8.83. The lowest BCUT2D eigenvalue weighted by atomic mass is 10.0. The van der Waals surface area contributed by atoms with E-state index in [2.05, 4.69) is 0 Å². The zero-order valence-electron chi connectivity index (χ0n) is 26.0. The summed E-state index contributed by atoms with van der Waals surface area (Å²) >= 11 is 7.20. The molecule has 13 heteroatoms. The largest absolute Gasteiger partial charge is 0.459 e. The quantitative estimate of drug-likeness (QED) is 0.342. The van der Waals surface area contributed by atoms with E-state index in [0.29, 0.717) is 34.4 Å². The van der Waals surface area contributed by atoms with Crippen LogP contribution in [0.3, 0.4) is 0 Å². The first-order valence-electron chi connectivity index (χ1n) is 14.5. The van der Waals surface area contributed by atoms with E-state index in [4.69, 9.17) is 21.1 Å². The number of carbonyl (C=O) groups is 3. The van der Waals surface area contributed by atoms with Crippen molar-refractivity contribution in [2.24, 2.45) is 0 Å². The molecule has 0 bridgehead atoms. The average Bonchev–Trinajstić information content (AvgIpc) is 3.41. The van der Waals surface area contributed by atoms with Crippen molar-refractivity contribution < 1.29 is 32.3 Å². The van der Waals surface area contributed by atoms with E-state index < -0.39 is 45.7 Å². The maximum absolute atomic E-state index is 13.8. The van der Waals surface area contributed by atoms with Crippen molar-refractivity contribution in [3.05, 3.63) is 56.1 Å². The van der Waals surface area contributed by atoms with Gasteiger partial charge in [-0.1, -0.05) is 17.7 Å². The summed E-state index contributed by atoms with van der Waals surface area (Å²) in [5.74, 6) is -1.17. The van der Waals surface area contributed by atoms with Crippen LogP contribution in [0, 0.1) is 0 Å². The van der Waals surface area contributed by atoms with Crippen LogP contribution in [0.25, 0.3) is 6.08 Å². The number of thiophene rings is 1. The molecule has 0 N–H and O–H groups in total. The summed E-state index contributed by atoms with van der Waals surface area (Å²) in [5.41, 5.74) is 1.19. The van der Waals surface area contributed by atoms with Crippen LogP contribution in [0.1, 0.15) is 70.4 Å². The van der Waals surface area contributed by atoms with Gasteiger partial charge in [-0.05, 0) is 102 Å². The van der Waals surface area contributed by atoms with Gasteiger partial charge in [0.15, 0.2) is 0 Å². The lowest BCUT2D eigenvalue weighted by molar-refractivity contribution is -0.155. The van der Waals surface area contributed by atoms with Crippen molar-refractivity contribution in [2.75, 3.05) is 24.5 Å². The van der Waals surface area contributed by atoms with Gasteiger partial charge in [-0.25, -0.2) is 13.2 Å². The molecule has 10 nitrogen and oxygen atoms in total. The Kier molecular flexibility index (Phi) is 10.2. The van der Waals surface area contributed by atoms with E-state index >= 15 is 0 Å². The molecule has 44 heavy (non-hydrogen) atoms. The Hall–Kier alpha value is -2.93. The Morgan fingerprint density at radius 3 is 2.39 bits per heavy atom. The van der Waals surface area contributed by atoms with Gasteiger partial charge in [-0.2, -0.15) is 4.31 Å². The van der Waals surface area contributed by atoms with Gasteiger partial charge in [-0.3, -0.25) is 9.59 Å². The maximum Gasteiger partial charge on any atom is 0.410 e. The van der Waals surface area contributed by atoms with Crippen molar-refractivity contribution in [2.45, 2.75) is 84.6 Å². The molecule has 0 aliphatic carbocycles. The molecule has 3 heterocycles. The molecule has 2 aliphatic heterocycles. The minimum Gasteiger partial charge on any atom is -0.459 e. The van der Waals surface area contributed by atoms with E-state index in [1.807, 2.05) is 39.0 Å². The third-order valence-corrected chi connectivity index (χ3v) is 9.66. The van der Waals surface area contributed by atoms with Crippen molar-refractivity contribution in [3.8, 4) is 0 Å². The van der Waals surface area contributed by atoms with Gasteiger partial charge in [-0.15, -0.1) is 11.3 Å². The van der Waals surface area contributed by atoms with Crippen LogP contribution in [-0.2, 0) is 42.1 Å². The first-order valence-corrected chi connectivity index (χ1v) is 17.2. The highest BCUT2D eigenvalue weighted by atomic mass is 35.5. The lowest BCUT2D eigenvalue weighted by Crippen LogP contribution is -2.48. The normalized spacial score (nSPS) is 18.1. The molecule has 2 aromatic rings. The monoisotopic (exact) mass is 665 g/mol. The smallest absolute Gasteiger partial charge is 0.410 e. The molecule has 0 saturated carbocycles. The van der Waals surface area contributed by atoms with Gasteiger partial charge in [0.25, 0.3) is 0 Å². The molecule has 1 aromatic heterocycles. The van der Waals surface area contributed by atoms with Gasteiger partial charge >= 0.3 is 12.1 Å². The van der Waals surface area contributed by atoms with Crippen molar-refractivity contribution >= 4 is 62.7 Å². The number of carbonyl (C=O) groups excluding carboxylic acids is 3. The Labute approximate surface area is 268 Å². The summed E-state index contributed by atoms with van der Waals surface area (Å²) in [5, 5.41) is 0.994. The van der Waals surface area contributed by atoms with Crippen LogP contribution >= 0.6 is 22.9 Å². The number of rotatable bonds is 7. The summed E-state index contributed by atoms with van der Waals surface area (Å²) in [7, 11) is -4.21. The number of nitrogens with zero attached hydrogens (tertiary/aromatic N) is 3. The minimum absolute atomic E-state index is 0.197. The molecule has 2 aliphatic rings. The second-order valence-corrected chi connectivity index (χ2v) is 16.4. The number of halogens is 1. The minimum atomic E-state index is -4.21. The number of ether oxygens (including phenoxy) is 2. The molecule has 1 saturated heterocycles. The van der Waals surface area contributed by atoms with Crippen molar-refractivity contribution in [3.63, 3.8) is 0 Å². The van der Waals surface area contributed by atoms with E-state index in [1.165, 1.54) is 17.4 Å². The van der Waals surface area contributed by atoms with E-state index in [-0.39, 0.29) is 19.1 Å². The summed E-state index contributed by atoms with van der Waals surface area (Å²) in [6, 6.07) is 7.89. The van der Waals surface area contributed by atoms with Crippen LogP contribution in [-0.4, -0.2) is 72.5 Å². The molecule has 240 valence electrons. The first-order chi connectivity index (χ1) is 20.4. The fraction of sp³-hybridized carbons (Fsp3) is 0.516. The van der Waals surface area contributed by atoms with Gasteiger partial charge in [0.1, 0.15) is 23.8 Å². The van der Waals surface area contributed by atoms with E-state index in [0.717, 1.165) is 27.3 Å². The van der Waals surface area contributed by atoms with Crippen molar-refractivity contribution in [1.82, 2.24) is 9.21 Å². The number of hydrogen-bond acceptors (Lipinski definition) is 8. The summed E-state index contributed by atoms with van der Waals surface area (Å²) in [4.78, 5) is 43.2. The van der Waals surface area contributed by atoms with Crippen molar-refractivity contribution in [1.29, 1.82) is 0 Å². The molecular formula is C31H40ClN3O7S2. The predicted octanol–water partition coefficient (Wildman–Crippen LogP) is 5.83. The third-order valence-electron chi connectivity index (χ3n) is 6.94. The Morgan fingerprint density at radius 1 is 1.05 bits per heavy atom. The number of benzene rings is 1. The zero-order valence-corrected chi connectivity index (χ0v) is 28.4. The second-order valence-electron chi connectivity index (χ2n) is 12.9. The molecule has 0 radical (unpaired) electrons. The zero-order chi connectivity index (χ0) is 32.4. The maximum atomic E-state index is 13.8. The number of anilines is 1. The van der Waals surface area contributed by atoms with Crippen LogP contribution < -0.4 is 4.90 Å².